The van der Waals surface area contributed by atoms with Crippen LogP contribution in [0.5, 0.6) is 0 Å². The van der Waals surface area contributed by atoms with Gasteiger partial charge in [-0.3, -0.25) is 0 Å². The van der Waals surface area contributed by atoms with Gasteiger partial charge in [0.2, 0.25) is 0 Å². The van der Waals surface area contributed by atoms with Gasteiger partial charge < -0.3 is 10.5 Å². The number of aliphatic hydroxyl groups is 1. The third-order valence-corrected chi connectivity index (χ3v) is 0.353. The van der Waals surface area contributed by atoms with Gasteiger partial charge in [-0.15, -0.1) is 0 Å². The molecular formula is C4H9NO. The molecule has 6 heavy (non-hydrogen) atoms. The average Bonchev–Trinajstić information content (AvgIpc) is 1.35. The predicted octanol–water partition coefficient (Wildman–Crippen LogP) is 0.407. The molecule has 0 aliphatic rings. The summed E-state index contributed by atoms with van der Waals surface area (Å²) in [6.45, 7) is 3.11. The number of nitrogens with one attached hydrogen (secondary N) is 1. The Labute approximate surface area is 37.3 Å². The van der Waals surface area contributed by atoms with E-state index in [1.165, 1.54) is 0 Å². The maximum Gasteiger partial charge on any atom is 0.0934 e. The highest BCUT2D eigenvalue weighted by Crippen LogP contribution is 1.91. The molecule has 0 atom stereocenters. The SMILES string of the molecule is CC(C)(O)C=N. The second-order valence-corrected chi connectivity index (χ2v) is 1.80. The molecule has 0 saturated heterocycles. The lowest BCUT2D eigenvalue weighted by Crippen LogP contribution is -2.18. The minimum absolute atomic E-state index is 0.917. The molecule has 0 fully saturated rings. The molecule has 36 valence electrons. The lowest BCUT2D eigenvalue weighted by molar-refractivity contribution is 0.158. The zero-order valence-electron chi connectivity index (χ0n) is 4.02. The molecule has 0 unspecified atom stereocenters. The van der Waals surface area contributed by atoms with Crippen molar-refractivity contribution in [2.75, 3.05) is 0 Å². The van der Waals surface area contributed by atoms with Gasteiger partial charge in [0.25, 0.3) is 0 Å². The third-order valence-electron chi connectivity index (χ3n) is 0.353. The van der Waals surface area contributed by atoms with Crippen molar-refractivity contribution in [1.29, 1.82) is 5.41 Å². The summed E-state index contributed by atoms with van der Waals surface area (Å²) in [7, 11) is 0. The molecular weight excluding hydrogens is 78.1 g/mol. The molecule has 0 rings (SSSR count). The van der Waals surface area contributed by atoms with Crippen LogP contribution in [0.4, 0.5) is 0 Å². The second-order valence-electron chi connectivity index (χ2n) is 1.80. The Hall–Kier alpha value is -0.370. The molecule has 0 aromatic rings. The molecule has 0 aromatic carbocycles. The fourth-order valence-electron chi connectivity index (χ4n) is 0. The third kappa shape index (κ3) is 3.63. The van der Waals surface area contributed by atoms with Crippen LogP contribution < -0.4 is 0 Å². The van der Waals surface area contributed by atoms with Gasteiger partial charge in [-0.05, 0) is 13.8 Å². The maximum atomic E-state index is 8.58. The second kappa shape index (κ2) is 1.39. The number of hydrogen-bond acceptors (Lipinski definition) is 2. The van der Waals surface area contributed by atoms with E-state index in [2.05, 4.69) is 0 Å². The van der Waals surface area contributed by atoms with Gasteiger partial charge in [0, 0.05) is 6.21 Å². The van der Waals surface area contributed by atoms with Crippen LogP contribution in [0.1, 0.15) is 13.8 Å². The average molecular weight is 87.1 g/mol. The molecule has 0 aromatic heterocycles. The summed E-state index contributed by atoms with van der Waals surface area (Å²) in [5.41, 5.74) is -0.917. The van der Waals surface area contributed by atoms with Crippen molar-refractivity contribution in [2.45, 2.75) is 19.4 Å². The van der Waals surface area contributed by atoms with Gasteiger partial charge in [0.05, 0.1) is 5.60 Å². The van der Waals surface area contributed by atoms with Crippen LogP contribution in [0.3, 0.4) is 0 Å². The first-order valence-electron chi connectivity index (χ1n) is 1.80. The quantitative estimate of drug-likeness (QED) is 0.447. The molecule has 0 aliphatic heterocycles. The van der Waals surface area contributed by atoms with E-state index >= 15 is 0 Å². The first-order valence-corrected chi connectivity index (χ1v) is 1.80. The summed E-state index contributed by atoms with van der Waals surface area (Å²) in [5, 5.41) is 15.1. The Bertz CT molecular complexity index is 53.1. The lowest BCUT2D eigenvalue weighted by Gasteiger charge is -2.05. The van der Waals surface area contributed by atoms with E-state index in [0.717, 1.165) is 6.21 Å². The fourth-order valence-corrected chi connectivity index (χ4v) is 0. The van der Waals surface area contributed by atoms with Crippen LogP contribution in [0, 0.1) is 5.41 Å². The number of hydrogen-bond donors (Lipinski definition) is 2. The van der Waals surface area contributed by atoms with Crippen LogP contribution in [-0.4, -0.2) is 16.9 Å². The summed E-state index contributed by atoms with van der Waals surface area (Å²) >= 11 is 0. The van der Waals surface area contributed by atoms with Crippen LogP contribution in [0.25, 0.3) is 0 Å². The minimum Gasteiger partial charge on any atom is -0.385 e. The van der Waals surface area contributed by atoms with Gasteiger partial charge in [-0.25, -0.2) is 0 Å². The Kier molecular flexibility index (Phi) is 1.30. The summed E-state index contributed by atoms with van der Waals surface area (Å²) in [5.74, 6) is 0. The van der Waals surface area contributed by atoms with E-state index < -0.39 is 5.60 Å². The van der Waals surface area contributed by atoms with Crippen molar-refractivity contribution in [3.05, 3.63) is 0 Å². The van der Waals surface area contributed by atoms with E-state index in [0.29, 0.717) is 0 Å². The number of rotatable bonds is 1. The summed E-state index contributed by atoms with van der Waals surface area (Å²) in [6, 6.07) is 0. The van der Waals surface area contributed by atoms with Crippen molar-refractivity contribution in [3.63, 3.8) is 0 Å². The zero-order chi connectivity index (χ0) is 5.21. The topological polar surface area (TPSA) is 44.1 Å². The molecule has 2 N–H and O–H groups in total. The first-order chi connectivity index (χ1) is 2.56. The largest absolute Gasteiger partial charge is 0.385 e. The normalized spacial score (nSPS) is 11.2. The molecule has 0 saturated carbocycles. The smallest absolute Gasteiger partial charge is 0.0934 e. The molecule has 0 spiro atoms. The van der Waals surface area contributed by atoms with E-state index in [9.17, 15) is 0 Å². The van der Waals surface area contributed by atoms with E-state index in [4.69, 9.17) is 10.5 Å². The summed E-state index contributed by atoms with van der Waals surface area (Å²) < 4.78 is 0. The lowest BCUT2D eigenvalue weighted by atomic mass is 10.2. The molecule has 0 heterocycles. The van der Waals surface area contributed by atoms with Crippen LogP contribution in [0.15, 0.2) is 0 Å². The summed E-state index contributed by atoms with van der Waals surface area (Å²) in [4.78, 5) is 0. The molecule has 0 bridgehead atoms. The molecule has 2 nitrogen and oxygen atoms in total. The summed E-state index contributed by atoms with van der Waals surface area (Å²) in [6.07, 6.45) is 0.993. The monoisotopic (exact) mass is 87.1 g/mol. The van der Waals surface area contributed by atoms with Gasteiger partial charge in [0.15, 0.2) is 0 Å². The Balaban J connectivity index is 3.45. The molecule has 2 heteroatoms. The van der Waals surface area contributed by atoms with Crippen LogP contribution in [0.2, 0.25) is 0 Å². The van der Waals surface area contributed by atoms with Crippen molar-refractivity contribution in [2.24, 2.45) is 0 Å². The molecule has 0 radical (unpaired) electrons. The van der Waals surface area contributed by atoms with Gasteiger partial charge in [-0.2, -0.15) is 0 Å². The van der Waals surface area contributed by atoms with Crippen molar-refractivity contribution >= 4 is 6.21 Å². The Morgan fingerprint density at radius 1 is 1.67 bits per heavy atom. The van der Waals surface area contributed by atoms with Crippen LogP contribution in [-0.2, 0) is 0 Å². The Morgan fingerprint density at radius 2 is 1.83 bits per heavy atom. The first kappa shape index (κ1) is 5.63. The van der Waals surface area contributed by atoms with Crippen LogP contribution >= 0.6 is 0 Å². The fraction of sp³-hybridized carbons (Fsp3) is 0.750. The van der Waals surface area contributed by atoms with E-state index in [-0.39, 0.29) is 0 Å². The van der Waals surface area contributed by atoms with Gasteiger partial charge >= 0.3 is 0 Å². The predicted molar refractivity (Wildman–Crippen MR) is 25.1 cm³/mol. The van der Waals surface area contributed by atoms with Crippen molar-refractivity contribution < 1.29 is 5.11 Å². The standard InChI is InChI=1S/C4H9NO/c1-4(2,6)3-5/h3,5-6H,1-2H3. The highest BCUT2D eigenvalue weighted by Gasteiger charge is 2.04. The Morgan fingerprint density at radius 3 is 1.83 bits per heavy atom. The van der Waals surface area contributed by atoms with Gasteiger partial charge in [0.1, 0.15) is 0 Å². The van der Waals surface area contributed by atoms with Crippen molar-refractivity contribution in [1.82, 2.24) is 0 Å². The van der Waals surface area contributed by atoms with E-state index in [1.54, 1.807) is 13.8 Å². The van der Waals surface area contributed by atoms with Crippen molar-refractivity contribution in [3.8, 4) is 0 Å². The highest BCUT2D eigenvalue weighted by molar-refractivity contribution is 5.63. The highest BCUT2D eigenvalue weighted by atomic mass is 16.3. The molecule has 0 aliphatic carbocycles. The minimum atomic E-state index is -0.917. The maximum absolute atomic E-state index is 8.58. The van der Waals surface area contributed by atoms with E-state index in [1.807, 2.05) is 0 Å². The zero-order valence-corrected chi connectivity index (χ0v) is 4.02. The van der Waals surface area contributed by atoms with Gasteiger partial charge in [-0.1, -0.05) is 0 Å². The molecule has 0 amide bonds.